The van der Waals surface area contributed by atoms with Gasteiger partial charge in [0.15, 0.2) is 11.4 Å². The lowest BCUT2D eigenvalue weighted by atomic mass is 9.86. The number of ketones is 1. The second-order valence-electron chi connectivity index (χ2n) is 6.90. The molecule has 0 unspecified atom stereocenters. The zero-order chi connectivity index (χ0) is 17.8. The van der Waals surface area contributed by atoms with Crippen molar-refractivity contribution in [1.29, 1.82) is 0 Å². The first-order chi connectivity index (χ1) is 11.9. The van der Waals surface area contributed by atoms with Gasteiger partial charge in [0, 0.05) is 18.5 Å². The predicted molar refractivity (Wildman–Crippen MR) is 100 cm³/mol. The van der Waals surface area contributed by atoms with Crippen LogP contribution in [0.15, 0.2) is 29.4 Å². The number of anilines is 1. The van der Waals surface area contributed by atoms with E-state index in [0.29, 0.717) is 36.0 Å². The minimum Gasteiger partial charge on any atom is -0.374 e. The van der Waals surface area contributed by atoms with Crippen LogP contribution in [0.5, 0.6) is 0 Å². The van der Waals surface area contributed by atoms with Gasteiger partial charge in [-0.15, -0.1) is 11.3 Å². The van der Waals surface area contributed by atoms with Crippen molar-refractivity contribution >= 4 is 33.6 Å². The highest BCUT2D eigenvalue weighted by Gasteiger charge is 2.52. The number of carbonyl (C=O) groups excluding carboxylic acids is 1. The highest BCUT2D eigenvalue weighted by atomic mass is 32.1. The van der Waals surface area contributed by atoms with Crippen LogP contribution >= 0.6 is 11.3 Å². The number of rotatable bonds is 3. The number of carbonyl (C=O) groups is 1. The van der Waals surface area contributed by atoms with Gasteiger partial charge >= 0.3 is 0 Å². The Labute approximate surface area is 151 Å². The number of hydrogen-bond donors (Lipinski definition) is 1. The number of aliphatic hydroxyl groups is 1. The SMILES string of the molecule is CCc1ncc(N2CC[C@@]3(O)C(=O)c4cc(C(C)C)ccc4N=C23)s1. The highest BCUT2D eigenvalue weighted by molar-refractivity contribution is 7.15. The molecule has 25 heavy (non-hydrogen) atoms. The Hall–Kier alpha value is -2.05. The van der Waals surface area contributed by atoms with Gasteiger partial charge in [0.05, 0.1) is 16.9 Å². The van der Waals surface area contributed by atoms with Crippen molar-refractivity contribution in [1.82, 2.24) is 4.98 Å². The second-order valence-corrected chi connectivity index (χ2v) is 8.00. The molecule has 1 N–H and O–H groups in total. The summed E-state index contributed by atoms with van der Waals surface area (Å²) in [6.07, 6.45) is 3.03. The Bertz CT molecular complexity index is 887. The molecular formula is C19H21N3O2S. The van der Waals surface area contributed by atoms with Crippen molar-refractivity contribution in [2.45, 2.75) is 45.1 Å². The number of nitrogens with zero attached hydrogens (tertiary/aromatic N) is 3. The fourth-order valence-corrected chi connectivity index (χ4v) is 4.30. The van der Waals surface area contributed by atoms with Gasteiger partial charge in [-0.3, -0.25) is 4.79 Å². The number of aliphatic imine (C=N–C) groups is 1. The molecule has 130 valence electrons. The largest absolute Gasteiger partial charge is 0.374 e. The number of hydrogen-bond acceptors (Lipinski definition) is 6. The molecule has 0 aliphatic carbocycles. The lowest BCUT2D eigenvalue weighted by Crippen LogP contribution is -2.48. The van der Waals surface area contributed by atoms with Crippen LogP contribution in [-0.4, -0.2) is 33.9 Å². The first-order valence-electron chi connectivity index (χ1n) is 8.66. The fourth-order valence-electron chi connectivity index (χ4n) is 3.41. The summed E-state index contributed by atoms with van der Waals surface area (Å²) in [7, 11) is 0. The summed E-state index contributed by atoms with van der Waals surface area (Å²) in [5.41, 5.74) is 0.720. The van der Waals surface area contributed by atoms with Crippen molar-refractivity contribution in [3.8, 4) is 0 Å². The molecule has 0 saturated carbocycles. The number of amidine groups is 1. The van der Waals surface area contributed by atoms with Crippen LogP contribution in [0.25, 0.3) is 0 Å². The van der Waals surface area contributed by atoms with Gasteiger partial charge in [-0.25, -0.2) is 9.98 Å². The first kappa shape index (κ1) is 16.4. The normalized spacial score (nSPS) is 22.2. The molecule has 3 heterocycles. The van der Waals surface area contributed by atoms with Gasteiger partial charge < -0.3 is 10.0 Å². The Balaban J connectivity index is 1.81. The van der Waals surface area contributed by atoms with Gasteiger partial charge in [0.1, 0.15) is 5.00 Å². The molecule has 4 rings (SSSR count). The first-order valence-corrected chi connectivity index (χ1v) is 9.48. The molecule has 0 amide bonds. The molecular weight excluding hydrogens is 334 g/mol. The second kappa shape index (κ2) is 5.75. The van der Waals surface area contributed by atoms with E-state index in [0.717, 1.165) is 22.0 Å². The summed E-state index contributed by atoms with van der Waals surface area (Å²) in [5, 5.41) is 13.1. The Kier molecular flexibility index (Phi) is 3.77. The van der Waals surface area contributed by atoms with E-state index in [4.69, 9.17) is 0 Å². The molecule has 1 fully saturated rings. The van der Waals surface area contributed by atoms with E-state index in [-0.39, 0.29) is 5.78 Å². The maximum atomic E-state index is 13.1. The van der Waals surface area contributed by atoms with Crippen LogP contribution in [0, 0.1) is 0 Å². The maximum absolute atomic E-state index is 13.1. The average molecular weight is 355 g/mol. The molecule has 1 saturated heterocycles. The molecule has 0 radical (unpaired) electrons. The average Bonchev–Trinajstić information content (AvgIpc) is 3.20. The highest BCUT2D eigenvalue weighted by Crippen LogP contribution is 2.41. The van der Waals surface area contributed by atoms with Crippen LogP contribution in [0.1, 0.15) is 54.0 Å². The van der Waals surface area contributed by atoms with Crippen LogP contribution in [0.4, 0.5) is 10.7 Å². The molecule has 1 aromatic heterocycles. The third-order valence-corrected chi connectivity index (χ3v) is 6.13. The van der Waals surface area contributed by atoms with Gasteiger partial charge in [-0.2, -0.15) is 0 Å². The zero-order valence-corrected chi connectivity index (χ0v) is 15.4. The molecule has 2 aliphatic heterocycles. The van der Waals surface area contributed by atoms with Gasteiger partial charge in [0.2, 0.25) is 5.78 Å². The third kappa shape index (κ3) is 2.43. The molecule has 1 aromatic carbocycles. The third-order valence-electron chi connectivity index (χ3n) is 4.97. The zero-order valence-electron chi connectivity index (χ0n) is 14.6. The van der Waals surface area contributed by atoms with E-state index in [1.54, 1.807) is 17.5 Å². The molecule has 5 nitrogen and oxygen atoms in total. The number of fused-ring (bicyclic) bond motifs is 2. The fraction of sp³-hybridized carbons (Fsp3) is 0.421. The lowest BCUT2D eigenvalue weighted by Gasteiger charge is -2.29. The Morgan fingerprint density at radius 3 is 2.88 bits per heavy atom. The van der Waals surface area contributed by atoms with Crippen LogP contribution in [0.2, 0.25) is 0 Å². The van der Waals surface area contributed by atoms with Crippen molar-refractivity contribution in [3.63, 3.8) is 0 Å². The Morgan fingerprint density at radius 1 is 1.40 bits per heavy atom. The van der Waals surface area contributed by atoms with E-state index in [1.165, 1.54) is 0 Å². The summed E-state index contributed by atoms with van der Waals surface area (Å²) < 4.78 is 0. The van der Waals surface area contributed by atoms with Crippen molar-refractivity contribution < 1.29 is 9.90 Å². The van der Waals surface area contributed by atoms with Gasteiger partial charge in [0.25, 0.3) is 0 Å². The van der Waals surface area contributed by atoms with Gasteiger partial charge in [-0.05, 0) is 30.0 Å². The minimum atomic E-state index is -1.53. The summed E-state index contributed by atoms with van der Waals surface area (Å²) in [6, 6.07) is 5.77. The summed E-state index contributed by atoms with van der Waals surface area (Å²) in [4.78, 5) is 24.1. The van der Waals surface area contributed by atoms with Crippen molar-refractivity contribution in [2.24, 2.45) is 4.99 Å². The van der Waals surface area contributed by atoms with E-state index in [1.807, 2.05) is 23.1 Å². The van der Waals surface area contributed by atoms with E-state index in [9.17, 15) is 9.90 Å². The quantitative estimate of drug-likeness (QED) is 0.912. The molecule has 0 spiro atoms. The van der Waals surface area contributed by atoms with E-state index >= 15 is 0 Å². The molecule has 6 heteroatoms. The molecule has 0 bridgehead atoms. The number of thiazole rings is 1. The number of aryl methyl sites for hydroxylation is 1. The monoisotopic (exact) mass is 355 g/mol. The van der Waals surface area contributed by atoms with Crippen LogP contribution in [0.3, 0.4) is 0 Å². The maximum Gasteiger partial charge on any atom is 0.204 e. The molecule has 2 aliphatic rings. The Morgan fingerprint density at radius 2 is 2.20 bits per heavy atom. The standard InChI is InChI=1S/C19H21N3O2S/c1-4-15-20-10-16(25-15)22-8-7-19(24)17(23)13-9-12(11(2)3)5-6-14(13)21-18(19)22/h5-6,9-11,24H,4,7-8H2,1-3H3/t19-/m1/s1. The van der Waals surface area contributed by atoms with Crippen LogP contribution in [-0.2, 0) is 6.42 Å². The van der Waals surface area contributed by atoms with Crippen molar-refractivity contribution in [2.75, 3.05) is 11.4 Å². The molecule has 1 atom stereocenters. The number of aromatic nitrogens is 1. The smallest absolute Gasteiger partial charge is 0.204 e. The summed E-state index contributed by atoms with van der Waals surface area (Å²) in [5.74, 6) is 0.522. The summed E-state index contributed by atoms with van der Waals surface area (Å²) in [6.45, 7) is 6.81. The number of Topliss-reactive ketones (excluding diaryl/α,β-unsaturated/α-hetero) is 1. The lowest BCUT2D eigenvalue weighted by molar-refractivity contribution is 0.0602. The van der Waals surface area contributed by atoms with Crippen molar-refractivity contribution in [3.05, 3.63) is 40.5 Å². The van der Waals surface area contributed by atoms with Crippen LogP contribution < -0.4 is 4.90 Å². The molecule has 2 aromatic rings. The van der Waals surface area contributed by atoms with E-state index in [2.05, 4.69) is 30.7 Å². The topological polar surface area (TPSA) is 65.8 Å². The summed E-state index contributed by atoms with van der Waals surface area (Å²) >= 11 is 1.59. The van der Waals surface area contributed by atoms with E-state index < -0.39 is 5.60 Å². The minimum absolute atomic E-state index is 0.238. The predicted octanol–water partition coefficient (Wildman–Crippen LogP) is 3.70. The van der Waals surface area contributed by atoms with Gasteiger partial charge in [-0.1, -0.05) is 26.8 Å². The number of benzene rings is 1.